The van der Waals surface area contributed by atoms with E-state index in [9.17, 15) is 4.79 Å². The van der Waals surface area contributed by atoms with Crippen molar-refractivity contribution in [3.8, 4) is 0 Å². The monoisotopic (exact) mass is 262 g/mol. The Morgan fingerprint density at radius 2 is 2.21 bits per heavy atom. The van der Waals surface area contributed by atoms with Crippen LogP contribution in [0.3, 0.4) is 0 Å². The summed E-state index contributed by atoms with van der Waals surface area (Å²) in [5.41, 5.74) is 7.93. The van der Waals surface area contributed by atoms with Crippen LogP contribution in [0.2, 0.25) is 0 Å². The van der Waals surface area contributed by atoms with Crippen LogP contribution in [0.25, 0.3) is 5.65 Å². The average Bonchev–Trinajstić information content (AvgIpc) is 2.85. The molecule has 19 heavy (non-hydrogen) atoms. The first-order valence-corrected chi connectivity index (χ1v) is 6.67. The first kappa shape index (κ1) is 12.4. The smallest absolute Gasteiger partial charge is 0.272 e. The van der Waals surface area contributed by atoms with Gasteiger partial charge in [0, 0.05) is 49.1 Å². The summed E-state index contributed by atoms with van der Waals surface area (Å²) in [6.07, 6.45) is 2.60. The Bertz CT molecular complexity index is 625. The fourth-order valence-corrected chi connectivity index (χ4v) is 2.55. The molecule has 0 saturated carbocycles. The van der Waals surface area contributed by atoms with E-state index in [1.165, 1.54) is 4.52 Å². The molecule has 1 saturated heterocycles. The summed E-state index contributed by atoms with van der Waals surface area (Å²) in [5.74, 6) is 0.424. The Morgan fingerprint density at radius 3 is 2.95 bits per heavy atom. The van der Waals surface area contributed by atoms with Crippen molar-refractivity contribution < 1.29 is 4.74 Å². The van der Waals surface area contributed by atoms with Gasteiger partial charge in [0.2, 0.25) is 0 Å². The van der Waals surface area contributed by atoms with E-state index < -0.39 is 0 Å². The van der Waals surface area contributed by atoms with E-state index in [1.54, 1.807) is 6.07 Å². The molecule has 102 valence electrons. The Morgan fingerprint density at radius 1 is 1.42 bits per heavy atom. The van der Waals surface area contributed by atoms with Crippen LogP contribution in [0.1, 0.15) is 30.1 Å². The molecule has 3 N–H and O–H groups in total. The van der Waals surface area contributed by atoms with Crippen molar-refractivity contribution in [1.29, 1.82) is 0 Å². The number of rotatable bonds is 3. The van der Waals surface area contributed by atoms with E-state index in [0.29, 0.717) is 24.5 Å². The van der Waals surface area contributed by atoms with E-state index >= 15 is 0 Å². The lowest BCUT2D eigenvalue weighted by molar-refractivity contribution is 0.0844. The maximum absolute atomic E-state index is 12.0. The van der Waals surface area contributed by atoms with E-state index in [2.05, 4.69) is 10.1 Å². The van der Waals surface area contributed by atoms with Crippen molar-refractivity contribution >= 4 is 5.65 Å². The van der Waals surface area contributed by atoms with Crippen LogP contribution in [0.4, 0.5) is 0 Å². The number of hydrogen-bond donors (Lipinski definition) is 2. The molecule has 0 aromatic carbocycles. The van der Waals surface area contributed by atoms with Crippen molar-refractivity contribution in [3.63, 3.8) is 0 Å². The third kappa shape index (κ3) is 2.41. The highest BCUT2D eigenvalue weighted by Gasteiger charge is 2.18. The number of aromatic amines is 1. The van der Waals surface area contributed by atoms with Crippen LogP contribution in [0.15, 0.2) is 16.9 Å². The van der Waals surface area contributed by atoms with E-state index in [4.69, 9.17) is 10.5 Å². The lowest BCUT2D eigenvalue weighted by Crippen LogP contribution is -2.18. The number of nitrogens with zero attached hydrogens (tertiary/aromatic N) is 2. The van der Waals surface area contributed by atoms with Crippen LogP contribution in [0.5, 0.6) is 0 Å². The highest BCUT2D eigenvalue weighted by Crippen LogP contribution is 2.25. The van der Waals surface area contributed by atoms with Gasteiger partial charge in [0.05, 0.1) is 0 Å². The van der Waals surface area contributed by atoms with Crippen molar-refractivity contribution in [1.82, 2.24) is 14.6 Å². The van der Waals surface area contributed by atoms with E-state index in [1.807, 2.05) is 6.07 Å². The third-order valence-electron chi connectivity index (χ3n) is 3.58. The van der Waals surface area contributed by atoms with Crippen LogP contribution in [-0.4, -0.2) is 34.4 Å². The normalized spacial score (nSPS) is 17.1. The van der Waals surface area contributed by atoms with Gasteiger partial charge < -0.3 is 10.5 Å². The fraction of sp³-hybridized carbons (Fsp3) is 0.538. The molecule has 0 spiro atoms. The molecule has 0 atom stereocenters. The van der Waals surface area contributed by atoms with Crippen molar-refractivity contribution in [2.45, 2.75) is 25.2 Å². The molecule has 0 amide bonds. The van der Waals surface area contributed by atoms with Gasteiger partial charge in [0.1, 0.15) is 0 Å². The number of nitrogens with one attached hydrogen (secondary N) is 1. The Balaban J connectivity index is 1.99. The average molecular weight is 262 g/mol. The first-order chi connectivity index (χ1) is 9.28. The summed E-state index contributed by atoms with van der Waals surface area (Å²) < 4.78 is 6.86. The van der Waals surface area contributed by atoms with Crippen LogP contribution >= 0.6 is 0 Å². The molecule has 0 unspecified atom stereocenters. The molecule has 3 heterocycles. The van der Waals surface area contributed by atoms with Crippen molar-refractivity contribution in [2.24, 2.45) is 5.73 Å². The Labute approximate surface area is 110 Å². The standard InChI is InChI=1S/C13H18N4O2/c14-4-1-10-7-13(18)17-12(15-10)8-11(16-17)9-2-5-19-6-3-9/h7-9,16H,1-6,14H2. The summed E-state index contributed by atoms with van der Waals surface area (Å²) in [4.78, 5) is 16.5. The molecule has 0 aliphatic carbocycles. The number of H-pyrrole nitrogens is 1. The summed E-state index contributed by atoms with van der Waals surface area (Å²) in [7, 11) is 0. The largest absolute Gasteiger partial charge is 0.381 e. The highest BCUT2D eigenvalue weighted by atomic mass is 16.5. The molecule has 1 aliphatic rings. The maximum atomic E-state index is 12.0. The quantitative estimate of drug-likeness (QED) is 0.839. The SMILES string of the molecule is NCCc1cc(=O)n2[nH]c(C3CCOCC3)cc2n1. The summed E-state index contributed by atoms with van der Waals surface area (Å²) >= 11 is 0. The molecule has 0 bridgehead atoms. The lowest BCUT2D eigenvalue weighted by atomic mass is 9.97. The number of nitrogens with two attached hydrogens (primary N) is 1. The molecule has 1 fully saturated rings. The Kier molecular flexibility index (Phi) is 3.35. The minimum absolute atomic E-state index is 0.0771. The maximum Gasteiger partial charge on any atom is 0.272 e. The fourth-order valence-electron chi connectivity index (χ4n) is 2.55. The van der Waals surface area contributed by atoms with E-state index in [0.717, 1.165) is 37.4 Å². The van der Waals surface area contributed by atoms with Gasteiger partial charge in [-0.05, 0) is 19.4 Å². The first-order valence-electron chi connectivity index (χ1n) is 6.67. The van der Waals surface area contributed by atoms with Gasteiger partial charge >= 0.3 is 0 Å². The van der Waals surface area contributed by atoms with Crippen LogP contribution in [0, 0.1) is 0 Å². The molecular weight excluding hydrogens is 244 g/mol. The zero-order chi connectivity index (χ0) is 13.2. The zero-order valence-corrected chi connectivity index (χ0v) is 10.8. The van der Waals surface area contributed by atoms with Gasteiger partial charge in [0.25, 0.3) is 5.56 Å². The molecule has 0 radical (unpaired) electrons. The van der Waals surface area contributed by atoms with E-state index in [-0.39, 0.29) is 5.56 Å². The van der Waals surface area contributed by atoms with Crippen LogP contribution < -0.4 is 11.3 Å². The Hall–Kier alpha value is -1.66. The van der Waals surface area contributed by atoms with Gasteiger partial charge in [-0.15, -0.1) is 0 Å². The summed E-state index contributed by atoms with van der Waals surface area (Å²) in [6, 6.07) is 3.52. The molecule has 2 aromatic rings. The number of aromatic nitrogens is 3. The molecule has 3 rings (SSSR count). The molecular formula is C13H18N4O2. The molecule has 6 nitrogen and oxygen atoms in total. The number of hydrogen-bond acceptors (Lipinski definition) is 4. The van der Waals surface area contributed by atoms with Crippen LogP contribution in [-0.2, 0) is 11.2 Å². The molecule has 1 aliphatic heterocycles. The lowest BCUT2D eigenvalue weighted by Gasteiger charge is -2.20. The molecule has 2 aromatic heterocycles. The summed E-state index contributed by atoms with van der Waals surface area (Å²) in [5, 5.41) is 3.16. The minimum atomic E-state index is -0.0771. The summed E-state index contributed by atoms with van der Waals surface area (Å²) in [6.45, 7) is 2.06. The van der Waals surface area contributed by atoms with Gasteiger partial charge in [-0.25, -0.2) is 9.50 Å². The van der Waals surface area contributed by atoms with Crippen molar-refractivity contribution in [2.75, 3.05) is 19.8 Å². The molecule has 6 heteroatoms. The minimum Gasteiger partial charge on any atom is -0.381 e. The van der Waals surface area contributed by atoms with Gasteiger partial charge in [-0.3, -0.25) is 9.89 Å². The number of ether oxygens (including phenoxy) is 1. The topological polar surface area (TPSA) is 85.4 Å². The second-order valence-corrected chi connectivity index (χ2v) is 4.92. The predicted molar refractivity (Wildman–Crippen MR) is 71.4 cm³/mol. The third-order valence-corrected chi connectivity index (χ3v) is 3.58. The zero-order valence-electron chi connectivity index (χ0n) is 10.8. The number of fused-ring (bicyclic) bond motifs is 1. The van der Waals surface area contributed by atoms with Crippen molar-refractivity contribution in [3.05, 3.63) is 33.9 Å². The van der Waals surface area contributed by atoms with Gasteiger partial charge in [-0.2, -0.15) is 0 Å². The second-order valence-electron chi connectivity index (χ2n) is 4.92. The van der Waals surface area contributed by atoms with Gasteiger partial charge in [0.15, 0.2) is 5.65 Å². The second kappa shape index (κ2) is 5.14. The highest BCUT2D eigenvalue weighted by molar-refractivity contribution is 5.40. The van der Waals surface area contributed by atoms with Gasteiger partial charge in [-0.1, -0.05) is 0 Å². The predicted octanol–water partition coefficient (Wildman–Crippen LogP) is 0.418.